The number of rotatable bonds is 4. The van der Waals surface area contributed by atoms with Gasteiger partial charge in [0.25, 0.3) is 0 Å². The summed E-state index contributed by atoms with van der Waals surface area (Å²) < 4.78 is 39.2. The molecule has 0 aromatic carbocycles. The molecule has 0 aliphatic carbocycles. The van der Waals surface area contributed by atoms with Crippen molar-refractivity contribution in [1.29, 1.82) is 0 Å². The van der Waals surface area contributed by atoms with Crippen LogP contribution in [0, 0.1) is 0 Å². The highest BCUT2D eigenvalue weighted by Gasteiger charge is 2.38. The summed E-state index contributed by atoms with van der Waals surface area (Å²) in [6.45, 7) is 6.73. The molecule has 0 saturated carbocycles. The van der Waals surface area contributed by atoms with E-state index in [9.17, 15) is 13.2 Å². The van der Waals surface area contributed by atoms with Crippen LogP contribution in [-0.4, -0.2) is 76.1 Å². The fraction of sp³-hybridized carbons (Fsp3) is 0.500. The lowest BCUT2D eigenvalue weighted by atomic mass is 9.97. The van der Waals surface area contributed by atoms with Gasteiger partial charge >= 0.3 is 12.1 Å². The Morgan fingerprint density at radius 3 is 2.65 bits per heavy atom. The molecule has 1 atom stereocenters. The van der Waals surface area contributed by atoms with E-state index in [2.05, 4.69) is 45.6 Å². The average Bonchev–Trinajstić information content (AvgIpc) is 3.49. The first-order chi connectivity index (χ1) is 16.3. The first-order valence-corrected chi connectivity index (χ1v) is 11.9. The van der Waals surface area contributed by atoms with Gasteiger partial charge in [-0.15, -0.1) is 11.3 Å². The van der Waals surface area contributed by atoms with Gasteiger partial charge < -0.3 is 14.7 Å². The molecule has 3 aromatic heterocycles. The fourth-order valence-electron chi connectivity index (χ4n) is 4.10. The molecule has 2 aliphatic heterocycles. The first kappa shape index (κ1) is 24.4. The molecule has 184 valence electrons. The van der Waals surface area contributed by atoms with Crippen molar-refractivity contribution in [2.24, 2.45) is 0 Å². The zero-order valence-corrected chi connectivity index (χ0v) is 19.3. The summed E-state index contributed by atoms with van der Waals surface area (Å²) in [6.07, 6.45) is -0.581. The smallest absolute Gasteiger partial charge is 0.475 e. The number of carboxylic acid groups (broad SMARTS) is 1. The Bertz CT molecular complexity index is 1080. The summed E-state index contributed by atoms with van der Waals surface area (Å²) >= 11 is 1.84. The molecule has 0 radical (unpaired) electrons. The van der Waals surface area contributed by atoms with Gasteiger partial charge in [-0.05, 0) is 43.0 Å². The minimum Gasteiger partial charge on any atom is -0.475 e. The van der Waals surface area contributed by atoms with Gasteiger partial charge in [0.1, 0.15) is 0 Å². The Balaban J connectivity index is 0.000000344. The van der Waals surface area contributed by atoms with Crippen LogP contribution in [0.15, 0.2) is 35.8 Å². The number of hydrogen-bond donors (Lipinski definition) is 1. The lowest BCUT2D eigenvalue weighted by Gasteiger charge is -2.30. The van der Waals surface area contributed by atoms with Crippen molar-refractivity contribution in [3.8, 4) is 0 Å². The van der Waals surface area contributed by atoms with E-state index in [4.69, 9.17) is 24.7 Å². The monoisotopic (exact) mass is 497 g/mol. The molecule has 34 heavy (non-hydrogen) atoms. The van der Waals surface area contributed by atoms with E-state index in [1.54, 1.807) is 0 Å². The predicted octanol–water partition coefficient (Wildman–Crippen LogP) is 3.64. The Morgan fingerprint density at radius 2 is 1.97 bits per heavy atom. The van der Waals surface area contributed by atoms with Gasteiger partial charge in [-0.3, -0.25) is 4.90 Å². The van der Waals surface area contributed by atoms with Crippen LogP contribution in [0.25, 0.3) is 5.65 Å². The summed E-state index contributed by atoms with van der Waals surface area (Å²) in [7, 11) is 0. The maximum atomic E-state index is 10.6. The highest BCUT2D eigenvalue weighted by atomic mass is 32.1. The molecule has 2 aliphatic rings. The third-order valence-corrected chi connectivity index (χ3v) is 6.64. The number of thiophene rings is 1. The molecular weight excluding hydrogens is 471 g/mol. The van der Waals surface area contributed by atoms with Crippen LogP contribution in [0.4, 0.5) is 18.9 Å². The summed E-state index contributed by atoms with van der Waals surface area (Å²) in [5.74, 6) is -1.34. The number of aliphatic carboxylic acids is 1. The van der Waals surface area contributed by atoms with Gasteiger partial charge in [0, 0.05) is 37.0 Å². The highest BCUT2D eigenvalue weighted by molar-refractivity contribution is 7.09. The number of alkyl halides is 3. The first-order valence-electron chi connectivity index (χ1n) is 11.0. The van der Waals surface area contributed by atoms with Crippen molar-refractivity contribution in [1.82, 2.24) is 19.5 Å². The van der Waals surface area contributed by atoms with Gasteiger partial charge in [-0.1, -0.05) is 6.07 Å². The van der Waals surface area contributed by atoms with E-state index in [0.717, 1.165) is 50.9 Å². The number of likely N-dealkylation sites (tertiary alicyclic amines) is 1. The van der Waals surface area contributed by atoms with Crippen LogP contribution >= 0.6 is 11.3 Å². The molecule has 1 N–H and O–H groups in total. The molecule has 5 heterocycles. The van der Waals surface area contributed by atoms with Crippen LogP contribution in [0.3, 0.4) is 0 Å². The average molecular weight is 498 g/mol. The molecule has 3 aromatic rings. The summed E-state index contributed by atoms with van der Waals surface area (Å²) in [5, 5.41) is 14.1. The van der Waals surface area contributed by atoms with Crippen LogP contribution in [-0.2, 0) is 16.1 Å². The molecule has 5 rings (SSSR count). The van der Waals surface area contributed by atoms with Crippen molar-refractivity contribution >= 4 is 28.6 Å². The topological polar surface area (TPSA) is 83.2 Å². The van der Waals surface area contributed by atoms with Crippen LogP contribution in [0.5, 0.6) is 0 Å². The molecular formula is C22H26F3N5O3S. The van der Waals surface area contributed by atoms with Gasteiger partial charge in [0.15, 0.2) is 11.5 Å². The predicted molar refractivity (Wildman–Crippen MR) is 121 cm³/mol. The molecule has 2 fully saturated rings. The maximum absolute atomic E-state index is 10.6. The SMILES string of the molecule is O=C(O)C(F)(F)F.c1csc(CN2CCCC(c3nc4ccc(N5CCOCC5)cn4n3)C2)c1. The summed E-state index contributed by atoms with van der Waals surface area (Å²) in [5.41, 5.74) is 2.14. The Hall–Kier alpha value is -2.70. The van der Waals surface area contributed by atoms with Gasteiger partial charge in [-0.25, -0.2) is 14.3 Å². The number of hydrogen-bond acceptors (Lipinski definition) is 7. The Labute approximate surface area is 198 Å². The molecule has 0 bridgehead atoms. The number of piperidine rings is 1. The fourth-order valence-corrected chi connectivity index (χ4v) is 4.85. The lowest BCUT2D eigenvalue weighted by molar-refractivity contribution is -0.192. The number of fused-ring (bicyclic) bond motifs is 1. The third-order valence-electron chi connectivity index (χ3n) is 5.78. The molecule has 8 nitrogen and oxygen atoms in total. The second-order valence-electron chi connectivity index (χ2n) is 8.22. The van der Waals surface area contributed by atoms with Crippen molar-refractivity contribution in [3.05, 3.63) is 46.5 Å². The number of carbonyl (C=O) groups is 1. The van der Waals surface area contributed by atoms with E-state index in [1.807, 2.05) is 15.9 Å². The zero-order chi connectivity index (χ0) is 24.1. The minimum atomic E-state index is -5.08. The van der Waals surface area contributed by atoms with E-state index < -0.39 is 12.1 Å². The van der Waals surface area contributed by atoms with Crippen molar-refractivity contribution in [2.45, 2.75) is 31.5 Å². The number of halogens is 3. The molecule has 0 amide bonds. The standard InChI is InChI=1S/C20H25N5OS.C2HF3O2/c1-3-16(13-23(7-1)15-18-4-2-12-27-18)20-21-19-6-5-17(14-25(19)22-20)24-8-10-26-11-9-24;3-2(4,5)1(6)7/h2,4-6,12,14,16H,1,3,7-11,13,15H2;(H,6,7). The van der Waals surface area contributed by atoms with Crippen molar-refractivity contribution in [3.63, 3.8) is 0 Å². The highest BCUT2D eigenvalue weighted by Crippen LogP contribution is 2.27. The Kier molecular flexibility index (Phi) is 7.69. The number of carboxylic acids is 1. The van der Waals surface area contributed by atoms with Gasteiger partial charge in [0.05, 0.1) is 25.1 Å². The second-order valence-corrected chi connectivity index (χ2v) is 9.25. The second kappa shape index (κ2) is 10.7. The number of nitrogens with zero attached hydrogens (tertiary/aromatic N) is 5. The number of anilines is 1. The molecule has 12 heteroatoms. The number of aromatic nitrogens is 3. The van der Waals surface area contributed by atoms with E-state index in [-0.39, 0.29) is 0 Å². The summed E-state index contributed by atoms with van der Waals surface area (Å²) in [6, 6.07) is 8.61. The largest absolute Gasteiger partial charge is 0.490 e. The van der Waals surface area contributed by atoms with Gasteiger partial charge in [0.2, 0.25) is 0 Å². The van der Waals surface area contributed by atoms with E-state index in [0.29, 0.717) is 5.92 Å². The number of morpholine rings is 1. The quantitative estimate of drug-likeness (QED) is 0.589. The molecule has 0 spiro atoms. The summed E-state index contributed by atoms with van der Waals surface area (Å²) in [4.78, 5) is 20.1. The molecule has 2 saturated heterocycles. The molecule has 1 unspecified atom stereocenters. The lowest BCUT2D eigenvalue weighted by Crippen LogP contribution is -2.36. The minimum absolute atomic E-state index is 0.422. The zero-order valence-electron chi connectivity index (χ0n) is 18.4. The number of ether oxygens (including phenoxy) is 1. The number of pyridine rings is 1. The Morgan fingerprint density at radius 1 is 1.21 bits per heavy atom. The van der Waals surface area contributed by atoms with Crippen LogP contribution in [0.2, 0.25) is 0 Å². The normalized spacial score (nSPS) is 19.6. The van der Waals surface area contributed by atoms with Crippen LogP contribution < -0.4 is 4.90 Å². The van der Waals surface area contributed by atoms with E-state index >= 15 is 0 Å². The van der Waals surface area contributed by atoms with Gasteiger partial charge in [-0.2, -0.15) is 18.3 Å². The third kappa shape index (κ3) is 6.24. The van der Waals surface area contributed by atoms with E-state index in [1.165, 1.54) is 30.0 Å². The maximum Gasteiger partial charge on any atom is 0.490 e. The van der Waals surface area contributed by atoms with Crippen LogP contribution in [0.1, 0.15) is 29.5 Å². The van der Waals surface area contributed by atoms with Crippen molar-refractivity contribution < 1.29 is 27.8 Å². The van der Waals surface area contributed by atoms with Crippen molar-refractivity contribution in [2.75, 3.05) is 44.3 Å².